The molecule has 0 bridgehead atoms. The molecule has 2 aromatic carbocycles. The zero-order chi connectivity index (χ0) is 26.9. The number of benzene rings is 2. The lowest BCUT2D eigenvalue weighted by atomic mass is 9.66. The molecule has 2 aliphatic rings. The van der Waals surface area contributed by atoms with Crippen molar-refractivity contribution in [3.8, 4) is 17.2 Å². The summed E-state index contributed by atoms with van der Waals surface area (Å²) in [6.07, 6.45) is 2.39. The normalized spacial score (nSPS) is 20.5. The molecule has 37 heavy (non-hydrogen) atoms. The van der Waals surface area contributed by atoms with Crippen molar-refractivity contribution >= 4 is 23.4 Å². The Labute approximate surface area is 222 Å². The Morgan fingerprint density at radius 1 is 1.19 bits per heavy atom. The number of ketones is 1. The first-order chi connectivity index (χ1) is 17.5. The van der Waals surface area contributed by atoms with Gasteiger partial charge in [0, 0.05) is 23.7 Å². The molecule has 0 radical (unpaired) electrons. The second kappa shape index (κ2) is 10.5. The third-order valence-electron chi connectivity index (χ3n) is 6.70. The summed E-state index contributed by atoms with van der Waals surface area (Å²) in [4.78, 5) is 27.1. The van der Waals surface area contributed by atoms with Crippen LogP contribution in [0.4, 0.5) is 0 Å². The van der Waals surface area contributed by atoms with Gasteiger partial charge in [0.15, 0.2) is 11.5 Å². The minimum atomic E-state index is -0.670. The van der Waals surface area contributed by atoms with Crippen molar-refractivity contribution in [1.82, 2.24) is 5.32 Å². The number of nitrogens with one attached hydrogen (secondary N) is 1. The molecule has 196 valence electrons. The van der Waals surface area contributed by atoms with Gasteiger partial charge < -0.3 is 24.6 Å². The molecular weight excluding hydrogens is 494 g/mol. The van der Waals surface area contributed by atoms with Crippen molar-refractivity contribution in [2.24, 2.45) is 11.3 Å². The van der Waals surface area contributed by atoms with Crippen molar-refractivity contribution in [3.63, 3.8) is 0 Å². The standard InChI is InChI=1S/C29H32ClNO6/c1-6-36-23-12-18(11-20(30)27(23)33)25-24(28(34)37-15-17-7-9-19(35-5)10-8-17)16(2)31-21-13-29(3,4)14-22(32)26(21)25/h7-13,25-26,31,33H,6,14-15H2,1-5H3. The number of esters is 1. The van der Waals surface area contributed by atoms with Crippen LogP contribution in [-0.4, -0.2) is 30.6 Å². The molecule has 2 unspecified atom stereocenters. The fourth-order valence-corrected chi connectivity index (χ4v) is 5.30. The molecule has 0 amide bonds. The highest BCUT2D eigenvalue weighted by molar-refractivity contribution is 6.32. The van der Waals surface area contributed by atoms with Gasteiger partial charge in [-0.15, -0.1) is 0 Å². The Hall–Kier alpha value is -3.45. The zero-order valence-electron chi connectivity index (χ0n) is 21.7. The third-order valence-corrected chi connectivity index (χ3v) is 6.98. The lowest BCUT2D eigenvalue weighted by molar-refractivity contribution is -0.141. The molecule has 7 nitrogen and oxygen atoms in total. The van der Waals surface area contributed by atoms with Gasteiger partial charge >= 0.3 is 5.97 Å². The number of allylic oxidation sites excluding steroid dienone is 3. The van der Waals surface area contributed by atoms with E-state index in [2.05, 4.69) is 11.4 Å². The Morgan fingerprint density at radius 2 is 1.89 bits per heavy atom. The van der Waals surface area contributed by atoms with Crippen LogP contribution in [0.15, 0.2) is 59.4 Å². The molecule has 2 atom stereocenters. The number of hydrogen-bond donors (Lipinski definition) is 2. The molecule has 8 heteroatoms. The first kappa shape index (κ1) is 26.6. The van der Waals surface area contributed by atoms with E-state index in [1.807, 2.05) is 26.0 Å². The monoisotopic (exact) mass is 525 g/mol. The van der Waals surface area contributed by atoms with Crippen LogP contribution in [0.25, 0.3) is 0 Å². The second-order valence-electron chi connectivity index (χ2n) is 10.1. The van der Waals surface area contributed by atoms with Crippen LogP contribution in [0.5, 0.6) is 17.2 Å². The van der Waals surface area contributed by atoms with E-state index in [4.69, 9.17) is 25.8 Å². The molecule has 0 aromatic heterocycles. The number of methoxy groups -OCH3 is 1. The van der Waals surface area contributed by atoms with E-state index in [9.17, 15) is 14.7 Å². The summed E-state index contributed by atoms with van der Waals surface area (Å²) in [5.41, 5.74) is 2.75. The van der Waals surface area contributed by atoms with Crippen LogP contribution in [0, 0.1) is 11.3 Å². The molecule has 0 spiro atoms. The van der Waals surface area contributed by atoms with Gasteiger partial charge in [-0.2, -0.15) is 0 Å². The molecule has 1 aliphatic carbocycles. The van der Waals surface area contributed by atoms with E-state index < -0.39 is 17.8 Å². The predicted molar refractivity (Wildman–Crippen MR) is 141 cm³/mol. The summed E-state index contributed by atoms with van der Waals surface area (Å²) in [5.74, 6) is -1.11. The van der Waals surface area contributed by atoms with Crippen molar-refractivity contribution in [1.29, 1.82) is 0 Å². The highest BCUT2D eigenvalue weighted by Crippen LogP contribution is 2.49. The minimum absolute atomic E-state index is 0.00936. The Kier molecular flexibility index (Phi) is 7.55. The van der Waals surface area contributed by atoms with E-state index >= 15 is 0 Å². The number of rotatable bonds is 7. The van der Waals surface area contributed by atoms with Crippen LogP contribution < -0.4 is 14.8 Å². The number of ether oxygens (including phenoxy) is 3. The topological polar surface area (TPSA) is 94.1 Å². The average molecular weight is 526 g/mol. The molecule has 1 heterocycles. The predicted octanol–water partition coefficient (Wildman–Crippen LogP) is 5.66. The van der Waals surface area contributed by atoms with Gasteiger partial charge in [0.25, 0.3) is 0 Å². The van der Waals surface area contributed by atoms with Crippen LogP contribution in [0.3, 0.4) is 0 Å². The van der Waals surface area contributed by atoms with Gasteiger partial charge in [-0.05, 0) is 54.7 Å². The van der Waals surface area contributed by atoms with Gasteiger partial charge in [0.05, 0.1) is 30.2 Å². The van der Waals surface area contributed by atoms with Gasteiger partial charge in [-0.3, -0.25) is 4.79 Å². The fourth-order valence-electron chi connectivity index (χ4n) is 5.08. The van der Waals surface area contributed by atoms with Crippen LogP contribution >= 0.6 is 11.6 Å². The van der Waals surface area contributed by atoms with Crippen molar-refractivity contribution < 1.29 is 28.9 Å². The number of carbonyl (C=O) groups is 2. The largest absolute Gasteiger partial charge is 0.503 e. The number of phenolic OH excluding ortho intramolecular Hbond substituents is 1. The summed E-state index contributed by atoms with van der Waals surface area (Å²) in [6, 6.07) is 10.5. The third kappa shape index (κ3) is 5.47. The van der Waals surface area contributed by atoms with Crippen molar-refractivity contribution in [3.05, 3.63) is 75.6 Å². The van der Waals surface area contributed by atoms with E-state index in [1.165, 1.54) is 0 Å². The molecule has 2 aromatic rings. The van der Waals surface area contributed by atoms with Gasteiger partial charge in [-0.25, -0.2) is 4.79 Å². The summed E-state index contributed by atoms with van der Waals surface area (Å²) in [6.45, 7) is 7.98. The average Bonchev–Trinajstić information content (AvgIpc) is 2.84. The maximum Gasteiger partial charge on any atom is 0.336 e. The lowest BCUT2D eigenvalue weighted by Gasteiger charge is -2.41. The smallest absolute Gasteiger partial charge is 0.336 e. The zero-order valence-corrected chi connectivity index (χ0v) is 22.4. The number of carbonyl (C=O) groups excluding carboxylic acids is 2. The molecule has 0 saturated carbocycles. The molecule has 1 aliphatic heterocycles. The SMILES string of the molecule is CCOc1cc(C2C(C(=O)OCc3ccc(OC)cc3)=C(C)NC3=CC(C)(C)CC(=O)C32)cc(Cl)c1O. The highest BCUT2D eigenvalue weighted by atomic mass is 35.5. The molecule has 4 rings (SSSR count). The number of halogens is 1. The summed E-state index contributed by atoms with van der Waals surface area (Å²) >= 11 is 6.37. The van der Waals surface area contributed by atoms with E-state index in [1.54, 1.807) is 45.2 Å². The number of aromatic hydroxyl groups is 1. The molecular formula is C29H32ClNO6. The number of hydrogen-bond acceptors (Lipinski definition) is 7. The lowest BCUT2D eigenvalue weighted by Crippen LogP contribution is -2.43. The van der Waals surface area contributed by atoms with Gasteiger partial charge in [-0.1, -0.05) is 43.7 Å². The van der Waals surface area contributed by atoms with E-state index in [0.29, 0.717) is 35.6 Å². The van der Waals surface area contributed by atoms with Crippen molar-refractivity contribution in [2.45, 2.75) is 46.6 Å². The fraction of sp³-hybridized carbons (Fsp3) is 0.379. The Balaban J connectivity index is 1.77. The summed E-state index contributed by atoms with van der Waals surface area (Å²) < 4.78 is 16.5. The number of fused-ring (bicyclic) bond motifs is 1. The highest BCUT2D eigenvalue weighted by Gasteiger charge is 2.46. The molecule has 2 N–H and O–H groups in total. The second-order valence-corrected chi connectivity index (χ2v) is 10.5. The summed E-state index contributed by atoms with van der Waals surface area (Å²) in [5, 5.41) is 13.8. The maximum absolute atomic E-state index is 13.6. The first-order valence-corrected chi connectivity index (χ1v) is 12.6. The number of Topliss-reactive ketones (excluding diaryl/α,β-unsaturated/α-hetero) is 1. The Bertz CT molecular complexity index is 1280. The van der Waals surface area contributed by atoms with Crippen LogP contribution in [-0.2, 0) is 20.9 Å². The van der Waals surface area contributed by atoms with Gasteiger partial charge in [0.2, 0.25) is 0 Å². The van der Waals surface area contributed by atoms with Crippen LogP contribution in [0.1, 0.15) is 51.2 Å². The van der Waals surface area contributed by atoms with Gasteiger partial charge in [0.1, 0.15) is 18.1 Å². The summed E-state index contributed by atoms with van der Waals surface area (Å²) in [7, 11) is 1.59. The van der Waals surface area contributed by atoms with Crippen LogP contribution in [0.2, 0.25) is 5.02 Å². The van der Waals surface area contributed by atoms with Crippen molar-refractivity contribution in [2.75, 3.05) is 13.7 Å². The van der Waals surface area contributed by atoms with E-state index in [0.717, 1.165) is 11.3 Å². The molecule has 0 fully saturated rings. The quantitative estimate of drug-likeness (QED) is 0.451. The minimum Gasteiger partial charge on any atom is -0.503 e. The maximum atomic E-state index is 13.6. The molecule has 0 saturated heterocycles. The Morgan fingerprint density at radius 3 is 2.54 bits per heavy atom. The first-order valence-electron chi connectivity index (χ1n) is 12.2. The van der Waals surface area contributed by atoms with E-state index in [-0.39, 0.29) is 34.3 Å². The number of phenols is 1.